The Balaban J connectivity index is 1.57. The molecule has 3 aliphatic rings. The van der Waals surface area contributed by atoms with Crippen LogP contribution in [0.5, 0.6) is 0 Å². The molecule has 4 heterocycles. The van der Waals surface area contributed by atoms with Crippen LogP contribution in [0, 0.1) is 18.8 Å². The molecular weight excluding hydrogens is 276 g/mol. The van der Waals surface area contributed by atoms with Gasteiger partial charge in [0.15, 0.2) is 0 Å². The van der Waals surface area contributed by atoms with E-state index in [0.29, 0.717) is 11.3 Å². The average molecular weight is 290 g/mol. The van der Waals surface area contributed by atoms with E-state index in [1.54, 1.807) is 6.92 Å². The Hall–Kier alpha value is -2.15. The molecule has 4 rings (SSSR count). The minimum absolute atomic E-state index is 0.186. The molecule has 0 unspecified atom stereocenters. The topological polar surface area (TPSA) is 88.9 Å². The molecule has 1 aromatic heterocycles. The zero-order valence-corrected chi connectivity index (χ0v) is 11.4. The second-order valence-electron chi connectivity index (χ2n) is 5.69. The van der Waals surface area contributed by atoms with E-state index < -0.39 is 17.7 Å². The maximum atomic E-state index is 12.4. The van der Waals surface area contributed by atoms with Crippen molar-refractivity contribution in [1.82, 2.24) is 10.4 Å². The van der Waals surface area contributed by atoms with Crippen molar-refractivity contribution in [3.63, 3.8) is 0 Å². The summed E-state index contributed by atoms with van der Waals surface area (Å²) in [6, 6.07) is 1.50. The summed E-state index contributed by atoms with van der Waals surface area (Å²) in [6.45, 7) is 1.64. The third-order valence-corrected chi connectivity index (χ3v) is 4.60. The molecule has 7 nitrogen and oxygen atoms in total. The lowest BCUT2D eigenvalue weighted by molar-refractivity contribution is -0.145. The lowest BCUT2D eigenvalue weighted by Crippen LogP contribution is -2.47. The van der Waals surface area contributed by atoms with Crippen LogP contribution in [0.1, 0.15) is 29.0 Å². The number of fused-ring (bicyclic) bond motifs is 5. The Morgan fingerprint density at radius 2 is 1.86 bits per heavy atom. The Bertz CT molecular complexity index is 624. The number of furan rings is 1. The van der Waals surface area contributed by atoms with Crippen LogP contribution in [0.4, 0.5) is 0 Å². The Morgan fingerprint density at radius 1 is 1.24 bits per heavy atom. The summed E-state index contributed by atoms with van der Waals surface area (Å²) < 4.78 is 10.7. The largest absolute Gasteiger partial charge is 0.469 e. The summed E-state index contributed by atoms with van der Waals surface area (Å²) in [5.41, 5.74) is 2.71. The number of nitrogens with one attached hydrogen (secondary N) is 1. The molecule has 1 N–H and O–H groups in total. The fourth-order valence-electron chi connectivity index (χ4n) is 3.60. The van der Waals surface area contributed by atoms with Gasteiger partial charge >= 0.3 is 0 Å². The van der Waals surface area contributed by atoms with Gasteiger partial charge in [0.1, 0.15) is 5.76 Å². The number of amides is 3. The molecule has 0 aromatic carbocycles. The smallest absolute Gasteiger partial charge is 0.273 e. The average Bonchev–Trinajstić information content (AvgIpc) is 3.19. The van der Waals surface area contributed by atoms with Crippen LogP contribution in [0.25, 0.3) is 0 Å². The van der Waals surface area contributed by atoms with Gasteiger partial charge in [0.05, 0.1) is 35.9 Å². The third-order valence-electron chi connectivity index (χ3n) is 4.60. The molecule has 21 heavy (non-hydrogen) atoms. The number of nitrogens with zero attached hydrogens (tertiary/aromatic N) is 1. The number of imide groups is 1. The number of carbonyl (C=O) groups is 3. The van der Waals surface area contributed by atoms with Gasteiger partial charge in [0, 0.05) is 0 Å². The summed E-state index contributed by atoms with van der Waals surface area (Å²) in [5, 5.41) is 0.859. The monoisotopic (exact) mass is 290 g/mol. The SMILES string of the molecule is Cc1occc1C(=O)NN1C(=O)[C@@H]2[C@H](C1=O)[C@@H]1CC[C@H]2O1. The van der Waals surface area contributed by atoms with Crippen LogP contribution >= 0.6 is 0 Å². The van der Waals surface area contributed by atoms with Crippen molar-refractivity contribution in [3.8, 4) is 0 Å². The fourth-order valence-corrected chi connectivity index (χ4v) is 3.60. The van der Waals surface area contributed by atoms with Gasteiger partial charge in [-0.15, -0.1) is 0 Å². The Kier molecular flexibility index (Phi) is 2.50. The number of aryl methyl sites for hydroxylation is 1. The van der Waals surface area contributed by atoms with Crippen LogP contribution in [-0.4, -0.2) is 34.9 Å². The lowest BCUT2D eigenvalue weighted by Gasteiger charge is -2.17. The number of hydrogen-bond acceptors (Lipinski definition) is 5. The normalized spacial score (nSPS) is 33.7. The highest BCUT2D eigenvalue weighted by Gasteiger charge is 2.62. The maximum absolute atomic E-state index is 12.4. The molecule has 3 fully saturated rings. The third kappa shape index (κ3) is 1.61. The van der Waals surface area contributed by atoms with E-state index in [9.17, 15) is 14.4 Å². The van der Waals surface area contributed by atoms with E-state index in [0.717, 1.165) is 17.9 Å². The van der Waals surface area contributed by atoms with Crippen molar-refractivity contribution in [1.29, 1.82) is 0 Å². The van der Waals surface area contributed by atoms with Crippen molar-refractivity contribution in [2.75, 3.05) is 0 Å². The van der Waals surface area contributed by atoms with Crippen LogP contribution in [0.2, 0.25) is 0 Å². The molecule has 4 atom stereocenters. The van der Waals surface area contributed by atoms with Gasteiger partial charge in [-0.05, 0) is 25.8 Å². The van der Waals surface area contributed by atoms with E-state index in [1.807, 2.05) is 0 Å². The number of ether oxygens (including phenoxy) is 1. The lowest BCUT2D eigenvalue weighted by atomic mass is 9.81. The van der Waals surface area contributed by atoms with Crippen molar-refractivity contribution in [2.24, 2.45) is 11.8 Å². The highest BCUT2D eigenvalue weighted by molar-refractivity contribution is 6.08. The van der Waals surface area contributed by atoms with Crippen LogP contribution in [0.15, 0.2) is 16.7 Å². The molecule has 7 heteroatoms. The summed E-state index contributed by atoms with van der Waals surface area (Å²) in [6.07, 6.45) is 2.62. The second kappa shape index (κ2) is 4.17. The Morgan fingerprint density at radius 3 is 2.38 bits per heavy atom. The van der Waals surface area contributed by atoms with Gasteiger partial charge in [-0.25, -0.2) is 0 Å². The Labute approximate surface area is 120 Å². The van der Waals surface area contributed by atoms with Crippen molar-refractivity contribution in [2.45, 2.75) is 32.0 Å². The number of hydrazine groups is 1. The van der Waals surface area contributed by atoms with Gasteiger partial charge in [-0.2, -0.15) is 5.01 Å². The van der Waals surface area contributed by atoms with Crippen molar-refractivity contribution < 1.29 is 23.5 Å². The molecule has 0 saturated carbocycles. The van der Waals surface area contributed by atoms with Gasteiger partial charge in [-0.1, -0.05) is 0 Å². The summed E-state index contributed by atoms with van der Waals surface area (Å²) in [4.78, 5) is 36.9. The van der Waals surface area contributed by atoms with Crippen molar-refractivity contribution in [3.05, 3.63) is 23.7 Å². The molecule has 3 saturated heterocycles. The number of carbonyl (C=O) groups excluding carboxylic acids is 3. The quantitative estimate of drug-likeness (QED) is 0.796. The zero-order chi connectivity index (χ0) is 14.7. The first-order chi connectivity index (χ1) is 10.1. The van der Waals surface area contributed by atoms with Gasteiger partial charge in [0.2, 0.25) is 0 Å². The maximum Gasteiger partial charge on any atom is 0.273 e. The molecular formula is C14H14N2O5. The molecule has 3 aliphatic heterocycles. The predicted molar refractivity (Wildman–Crippen MR) is 67.6 cm³/mol. The fraction of sp³-hybridized carbons (Fsp3) is 0.500. The molecule has 3 amide bonds. The van der Waals surface area contributed by atoms with E-state index in [1.165, 1.54) is 12.3 Å². The van der Waals surface area contributed by atoms with E-state index in [2.05, 4.69) is 5.43 Å². The van der Waals surface area contributed by atoms with Gasteiger partial charge in [0.25, 0.3) is 17.7 Å². The van der Waals surface area contributed by atoms with Gasteiger partial charge in [-0.3, -0.25) is 19.8 Å². The van der Waals surface area contributed by atoms with Crippen molar-refractivity contribution >= 4 is 17.7 Å². The predicted octanol–water partition coefficient (Wildman–Crippen LogP) is 0.395. The standard InChI is InChI=1S/C14H14N2O5/c1-6-7(4-5-20-6)12(17)15-16-13(18)10-8-2-3-9(21-8)11(10)14(16)19/h4-5,8-11H,2-3H2,1H3,(H,15,17)/t8-,9+,10+,11-. The van der Waals surface area contributed by atoms with Crippen LogP contribution < -0.4 is 5.43 Å². The van der Waals surface area contributed by atoms with Gasteiger partial charge < -0.3 is 9.15 Å². The first-order valence-electron chi connectivity index (χ1n) is 6.96. The number of rotatable bonds is 2. The molecule has 2 bridgehead atoms. The molecule has 110 valence electrons. The van der Waals surface area contributed by atoms with Crippen LogP contribution in [0.3, 0.4) is 0 Å². The molecule has 0 radical (unpaired) electrons. The minimum atomic E-state index is -0.517. The van der Waals surface area contributed by atoms with E-state index >= 15 is 0 Å². The molecule has 0 spiro atoms. The highest BCUT2D eigenvalue weighted by Crippen LogP contribution is 2.48. The van der Waals surface area contributed by atoms with E-state index in [4.69, 9.17) is 9.15 Å². The first kappa shape index (κ1) is 12.6. The van der Waals surface area contributed by atoms with E-state index in [-0.39, 0.29) is 24.0 Å². The summed E-state index contributed by atoms with van der Waals surface area (Å²) in [7, 11) is 0. The highest BCUT2D eigenvalue weighted by atomic mass is 16.5. The molecule has 1 aromatic rings. The molecule has 0 aliphatic carbocycles. The zero-order valence-electron chi connectivity index (χ0n) is 11.4. The van der Waals surface area contributed by atoms with Crippen LogP contribution in [-0.2, 0) is 14.3 Å². The number of hydrogen-bond donors (Lipinski definition) is 1. The summed E-state index contributed by atoms with van der Waals surface area (Å²) in [5.74, 6) is -1.70. The second-order valence-corrected chi connectivity index (χ2v) is 5.69. The minimum Gasteiger partial charge on any atom is -0.469 e. The first-order valence-corrected chi connectivity index (χ1v) is 6.96. The summed E-state index contributed by atoms with van der Waals surface area (Å²) >= 11 is 0.